The number of carbonyl (C=O) groups excluding carboxylic acids is 3. The zero-order valence-electron chi connectivity index (χ0n) is 83.1. The summed E-state index contributed by atoms with van der Waals surface area (Å²) in [6.07, 6.45) is 16.8. The number of nitrogen functional groups attached to an aromatic ring is 1. The fraction of sp³-hybridized carbons (Fsp3) is 0.505. The molecule has 1 spiro atoms. The van der Waals surface area contributed by atoms with Crippen LogP contribution >= 0.6 is 11.8 Å². The van der Waals surface area contributed by atoms with E-state index in [0.29, 0.717) is 62.2 Å². The lowest BCUT2D eigenvalue weighted by atomic mass is 9.44. The Balaban J connectivity index is 0.000000142. The Bertz CT molecular complexity index is 6080. The molecule has 3 aromatic heterocycles. The number of ether oxygens (including phenoxy) is 4. The zero-order chi connectivity index (χ0) is 103. The SMILES string of the molecule is CC(C)(C(=O)O)c1ccc(C(O)CCCN2CCC(C(O)(c3ccccc3)c3ccccc3)CC2)cc1.CC1(C)O[C@@H]2C[C@H]3[C@@H]4CCC5=CC(=O)C=C[C@]5(C)[C@@]4(F)[C@@H](O)C[C@]3(C)[C@]2(C(=O)CO)O1.CCCCC1=NC2(CCCC2)C(=O)N1Cc1ccc(-c2ccccc2-c2nn[nH]n2)cc1.CN[C@@H](C)[C@@H](O)c1ccccc1.Cc1cn([C@H]2CC[C@@H](CO)O2)c(=O)[nH]c1=O.Nc1ccn([C@@H]2CS[C@H](CO)O2)c(=O)n1. The summed E-state index contributed by atoms with van der Waals surface area (Å²) in [5.74, 6) is -0.620. The number of allylic oxidation sites excluding steroid dienone is 4. The van der Waals surface area contributed by atoms with E-state index in [9.17, 15) is 64.2 Å². The number of tetrazole rings is 1. The average molecular weight is 1990 g/mol. The number of unbranched alkanes of at least 4 members (excludes halogenated alkanes) is 1. The Hall–Kier alpha value is -11.1. The van der Waals surface area contributed by atoms with Gasteiger partial charge in [-0.05, 0) is 238 Å². The van der Waals surface area contributed by atoms with E-state index in [-0.39, 0.29) is 84.6 Å². The van der Waals surface area contributed by atoms with Crippen LogP contribution in [0.15, 0.2) is 225 Å². The summed E-state index contributed by atoms with van der Waals surface area (Å²) in [5.41, 5.74) is 5.75. The van der Waals surface area contributed by atoms with Crippen LogP contribution in [0.2, 0.25) is 0 Å². The Morgan fingerprint density at radius 3 is 2.00 bits per heavy atom. The molecule has 34 heteroatoms. The maximum absolute atomic E-state index is 17.1. The molecule has 0 radical (unpaired) electrons. The third-order valence-corrected chi connectivity index (χ3v) is 31.9. The van der Waals surface area contributed by atoms with E-state index in [0.717, 1.165) is 145 Å². The number of hydrogen-bond donors (Lipinski definition) is 12. The monoisotopic (exact) mass is 1980 g/mol. The van der Waals surface area contributed by atoms with Gasteiger partial charge in [0.15, 0.2) is 28.6 Å². The van der Waals surface area contributed by atoms with Crippen molar-refractivity contribution in [1.29, 1.82) is 0 Å². The molecule has 143 heavy (non-hydrogen) atoms. The van der Waals surface area contributed by atoms with Gasteiger partial charge in [-0.15, -0.1) is 22.0 Å². The number of nitrogens with zero attached hydrogens (tertiary/aromatic N) is 9. The van der Waals surface area contributed by atoms with E-state index in [2.05, 4.69) is 78.1 Å². The summed E-state index contributed by atoms with van der Waals surface area (Å²) in [4.78, 5) is 99.3. The standard InChI is InChI=1S/C32H39NO4.C25H28N6O.C24H31FO6.C10H14N2O4.C10H15NO.C8H11N3O3S/c1-31(2,30(35)36)25-17-15-24(16-18-25)29(34)14-9-21-33-22-19-28(20-23-33)32(37,26-10-5-3-6-11-26)27-12-7-4-8-13-27;1-2-3-10-22-26-25(15-6-7-16-25)24(32)31(22)17-18-11-13-19(14-12-18)20-8-4-5-9-21(20)23-27-29-30-28-23;1-20(2)30-19-10-16-15-6-5-13-9-14(27)7-8-21(13,3)23(15,25)17(28)11-22(16,4)24(19,31-20)18(29)12-26;1-6-4-12(10(15)11-9(6)14)8-3-2-7(5-13)16-8;1-8(11-2)10(12)9-6-4-3-5-7-9;9-5-1-2-11(8(13)10-5)6-4-15-7(3-12)14-6/h3-8,10-13,15-18,28-29,34,37H,9,14,19-23H2,1-2H3,(H,35,36);4-5,8-9,11-14H,2-3,6-7,10,15-17H2,1H3,(H,27,28,29,30);7-9,15-17,19,26,28H,5-6,10-12H2,1-4H3;4,7-8,13H,2-3,5H2,1H3,(H,11,14,15);3-8,10-12H,1-2H3;1-2,6-7,12H,3-4H2,(H2,9,10,13)/t;;15-,16-,17-,19+,21-,22-,23-,24+;7-,8+;8-,10+;6-,7+/m..0000/s1. The van der Waals surface area contributed by atoms with Crippen molar-refractivity contribution in [3.8, 4) is 22.5 Å². The van der Waals surface area contributed by atoms with Crippen LogP contribution in [0.3, 0.4) is 0 Å². The smallest absolute Gasteiger partial charge is 0.351 e. The number of likely N-dealkylation sites (N-methyl/N-ethyl adjacent to an activating group) is 1. The molecule has 5 aliphatic carbocycles. The number of aliphatic imine (C=N–C) groups is 1. The number of piperidine rings is 1. The minimum atomic E-state index is -1.98. The molecule has 4 saturated heterocycles. The van der Waals surface area contributed by atoms with Crippen LogP contribution in [-0.4, -0.2) is 224 Å². The highest BCUT2D eigenvalue weighted by Crippen LogP contribution is 2.72. The second-order valence-corrected chi connectivity index (χ2v) is 41.6. The van der Waals surface area contributed by atoms with Crippen molar-refractivity contribution in [3.05, 3.63) is 276 Å². The molecule has 13 N–H and O–H groups in total. The Morgan fingerprint density at radius 2 is 1.41 bits per heavy atom. The second-order valence-electron chi connectivity index (χ2n) is 40.5. The maximum atomic E-state index is 17.1. The molecule has 0 bridgehead atoms. The molecule has 10 aliphatic rings. The third-order valence-electron chi connectivity index (χ3n) is 30.8. The lowest BCUT2D eigenvalue weighted by Crippen LogP contribution is -2.70. The number of carbonyl (C=O) groups is 4. The van der Waals surface area contributed by atoms with Crippen molar-refractivity contribution in [2.75, 3.05) is 58.0 Å². The summed E-state index contributed by atoms with van der Waals surface area (Å²) < 4.78 is 43.1. The van der Waals surface area contributed by atoms with Crippen LogP contribution in [0.25, 0.3) is 22.5 Å². The van der Waals surface area contributed by atoms with Crippen LogP contribution in [0.1, 0.15) is 228 Å². The number of H-pyrrole nitrogens is 2. The van der Waals surface area contributed by atoms with Crippen molar-refractivity contribution in [3.63, 3.8) is 0 Å². The van der Waals surface area contributed by atoms with Crippen LogP contribution in [0, 0.1) is 35.5 Å². The van der Waals surface area contributed by atoms with Crippen LogP contribution in [0.4, 0.5) is 10.2 Å². The number of Topliss-reactive ketones (excluding diaryl/α,β-unsaturated/α-hetero) is 1. The first kappa shape index (κ1) is 108. The van der Waals surface area contributed by atoms with Crippen LogP contribution in [-0.2, 0) is 55.7 Å². The zero-order valence-corrected chi connectivity index (χ0v) is 83.9. The van der Waals surface area contributed by atoms with Crippen molar-refractivity contribution in [2.45, 2.75) is 266 Å². The number of hydrogen-bond acceptors (Lipinski definition) is 27. The minimum Gasteiger partial charge on any atom is -0.481 e. The third kappa shape index (κ3) is 22.8. The molecular formula is C109H138FN13O19S. The summed E-state index contributed by atoms with van der Waals surface area (Å²) in [7, 11) is 1.84. The first-order valence-electron chi connectivity index (χ1n) is 49.8. The highest BCUT2D eigenvalue weighted by Gasteiger charge is 2.80. The number of fused-ring (bicyclic) bond motifs is 7. The molecule has 8 fully saturated rings. The van der Waals surface area contributed by atoms with Gasteiger partial charge in [0.25, 0.3) is 11.5 Å². The number of benzene rings is 6. The summed E-state index contributed by atoms with van der Waals surface area (Å²) in [6, 6.07) is 55.0. The van der Waals surface area contributed by atoms with Gasteiger partial charge >= 0.3 is 17.3 Å². The number of thioether (sulfide) groups is 1. The number of aliphatic hydroxyl groups is 7. The van der Waals surface area contributed by atoms with Gasteiger partial charge in [-0.25, -0.2) is 14.0 Å². The molecule has 32 nitrogen and oxygen atoms in total. The lowest BCUT2D eigenvalue weighted by molar-refractivity contribution is -0.246. The van der Waals surface area contributed by atoms with E-state index in [1.165, 1.54) is 39.2 Å². The van der Waals surface area contributed by atoms with E-state index < -0.39 is 105 Å². The van der Waals surface area contributed by atoms with E-state index in [1.54, 1.807) is 72.0 Å². The number of rotatable bonds is 26. The number of likely N-dealkylation sites (tertiary alicyclic amines) is 1. The number of carboxylic acids is 1. The molecule has 8 heterocycles. The number of amides is 1. The predicted molar refractivity (Wildman–Crippen MR) is 541 cm³/mol. The minimum absolute atomic E-state index is 0.0109. The molecular weight excluding hydrogens is 1850 g/mol. The lowest BCUT2D eigenvalue weighted by Gasteiger charge is -2.62. The Labute approximate surface area is 836 Å². The van der Waals surface area contributed by atoms with Crippen molar-refractivity contribution >= 4 is 46.9 Å². The highest BCUT2D eigenvalue weighted by atomic mass is 32.2. The number of amidine groups is 1. The number of ketones is 2. The predicted octanol–water partition coefficient (Wildman–Crippen LogP) is 13.0. The molecule has 9 aromatic rings. The number of anilines is 1. The molecule has 5 aliphatic heterocycles. The van der Waals surface area contributed by atoms with Gasteiger partial charge in [-0.2, -0.15) is 10.2 Å². The van der Waals surface area contributed by atoms with Crippen molar-refractivity contribution in [2.24, 2.45) is 33.6 Å². The van der Waals surface area contributed by atoms with E-state index >= 15 is 4.39 Å². The first-order chi connectivity index (χ1) is 68.3. The molecule has 19 rings (SSSR count). The number of aliphatic hydroxyl groups excluding tert-OH is 6. The number of nitrogens with one attached hydrogen (secondary N) is 3. The number of aromatic nitrogens is 8. The van der Waals surface area contributed by atoms with Crippen molar-refractivity contribution < 1.29 is 83.4 Å². The van der Waals surface area contributed by atoms with Crippen LogP contribution < -0.4 is 28.0 Å². The maximum Gasteiger partial charge on any atom is 0.351 e. The number of aliphatic carboxylic acids is 1. The fourth-order valence-electron chi connectivity index (χ4n) is 22.6. The fourth-order valence-corrected chi connectivity index (χ4v) is 23.5. The van der Waals surface area contributed by atoms with Gasteiger partial charge in [0, 0.05) is 58.5 Å². The van der Waals surface area contributed by atoms with Gasteiger partial charge in [0.1, 0.15) is 47.3 Å². The highest BCUT2D eigenvalue weighted by molar-refractivity contribution is 8.00. The normalized spacial score (nSPS) is 26.2. The van der Waals surface area contributed by atoms with Gasteiger partial charge < -0.3 is 75.8 Å². The first-order valence-corrected chi connectivity index (χ1v) is 50.9. The Kier molecular flexibility index (Phi) is 34.7. The number of carboxylic acid groups (broad SMARTS) is 1. The number of nitrogens with two attached hydrogens (primary N) is 1. The van der Waals surface area contributed by atoms with Gasteiger partial charge in [-0.1, -0.05) is 209 Å². The van der Waals surface area contributed by atoms with E-state index in [4.69, 9.17) is 39.9 Å². The summed E-state index contributed by atoms with van der Waals surface area (Å²) in [5, 5.41) is 98.4. The quantitative estimate of drug-likeness (QED) is 0.0239. The summed E-state index contributed by atoms with van der Waals surface area (Å²) >= 11 is 1.47. The Morgan fingerprint density at radius 1 is 0.755 bits per heavy atom. The topological polar surface area (TPSA) is 468 Å². The molecule has 766 valence electrons. The summed E-state index contributed by atoms with van der Waals surface area (Å²) in [6.45, 7) is 18.8. The second kappa shape index (κ2) is 46.1. The molecule has 15 atom stereocenters. The van der Waals surface area contributed by atoms with Gasteiger partial charge in [0.05, 0.1) is 55.7 Å². The number of alkyl halides is 1. The molecule has 1 amide bonds. The largest absolute Gasteiger partial charge is 0.481 e. The number of aromatic amines is 2. The molecule has 4 saturated carbocycles. The molecule has 6 aromatic carbocycles. The number of aryl methyl sites for hydroxylation is 1. The van der Waals surface area contributed by atoms with Gasteiger partial charge in [0.2, 0.25) is 5.82 Å². The average Bonchev–Trinajstić information content (AvgIpc) is 1.50. The number of halogens is 1. The van der Waals surface area contributed by atoms with Gasteiger partial charge in [-0.3, -0.25) is 48.0 Å². The molecule has 1 unspecified atom stereocenters. The van der Waals surface area contributed by atoms with Crippen LogP contribution in [0.5, 0.6) is 0 Å². The van der Waals surface area contributed by atoms with Crippen molar-refractivity contribution in [1.82, 2.24) is 54.8 Å². The van der Waals surface area contributed by atoms with E-state index in [1.807, 2.05) is 147 Å².